The van der Waals surface area contributed by atoms with Gasteiger partial charge in [0, 0.05) is 31.7 Å². The summed E-state index contributed by atoms with van der Waals surface area (Å²) in [5, 5.41) is 0. The second-order valence-corrected chi connectivity index (χ2v) is 7.52. The van der Waals surface area contributed by atoms with Crippen molar-refractivity contribution >= 4 is 11.6 Å². The molecule has 3 rings (SSSR count). The molecule has 1 heterocycles. The molecule has 0 spiro atoms. The van der Waals surface area contributed by atoms with Gasteiger partial charge in [-0.3, -0.25) is 4.79 Å². The first-order valence-electron chi connectivity index (χ1n) is 9.57. The Hall–Kier alpha value is -1.75. The fourth-order valence-electron chi connectivity index (χ4n) is 4.15. The quantitative estimate of drug-likeness (QED) is 0.911. The van der Waals surface area contributed by atoms with Crippen molar-refractivity contribution in [3.8, 4) is 5.75 Å². The fourth-order valence-corrected chi connectivity index (χ4v) is 4.15. The van der Waals surface area contributed by atoms with E-state index in [9.17, 15) is 4.79 Å². The summed E-state index contributed by atoms with van der Waals surface area (Å²) in [7, 11) is 0. The summed E-state index contributed by atoms with van der Waals surface area (Å²) in [5.41, 5.74) is 7.20. The summed E-state index contributed by atoms with van der Waals surface area (Å²) >= 11 is 0. The first-order valence-corrected chi connectivity index (χ1v) is 9.57. The van der Waals surface area contributed by atoms with Gasteiger partial charge < -0.3 is 20.3 Å². The first kappa shape index (κ1) is 18.1. The third-order valence-electron chi connectivity index (χ3n) is 5.65. The van der Waals surface area contributed by atoms with Crippen LogP contribution in [-0.2, 0) is 4.79 Å². The largest absolute Gasteiger partial charge is 0.492 e. The van der Waals surface area contributed by atoms with E-state index >= 15 is 0 Å². The van der Waals surface area contributed by atoms with E-state index in [0.29, 0.717) is 6.61 Å². The summed E-state index contributed by atoms with van der Waals surface area (Å²) in [4.78, 5) is 17.3. The normalized spacial score (nSPS) is 27.2. The lowest BCUT2D eigenvalue weighted by molar-refractivity contribution is -0.139. The number of amides is 1. The van der Waals surface area contributed by atoms with Crippen molar-refractivity contribution < 1.29 is 9.53 Å². The predicted octanol–water partition coefficient (Wildman–Crippen LogP) is 2.64. The maximum Gasteiger partial charge on any atom is 0.227 e. The number of carbonyl (C=O) groups excluding carboxylic acids is 1. The lowest BCUT2D eigenvalue weighted by Crippen LogP contribution is -2.57. The van der Waals surface area contributed by atoms with Gasteiger partial charge in [0.25, 0.3) is 0 Å². The molecule has 2 atom stereocenters. The second-order valence-electron chi connectivity index (χ2n) is 7.52. The van der Waals surface area contributed by atoms with E-state index in [4.69, 9.17) is 10.5 Å². The lowest BCUT2D eigenvalue weighted by atomic mass is 9.74. The molecule has 1 amide bonds. The van der Waals surface area contributed by atoms with Crippen LogP contribution >= 0.6 is 0 Å². The molecule has 1 saturated carbocycles. The van der Waals surface area contributed by atoms with Crippen LogP contribution in [0.1, 0.15) is 39.5 Å². The van der Waals surface area contributed by atoms with E-state index in [1.54, 1.807) is 0 Å². The topological polar surface area (TPSA) is 58.8 Å². The summed E-state index contributed by atoms with van der Waals surface area (Å²) in [6, 6.07) is 8.15. The molecular weight excluding hydrogens is 314 g/mol. The average molecular weight is 345 g/mol. The Morgan fingerprint density at radius 3 is 2.64 bits per heavy atom. The Labute approximate surface area is 151 Å². The van der Waals surface area contributed by atoms with Gasteiger partial charge in [-0.2, -0.15) is 0 Å². The van der Waals surface area contributed by atoms with E-state index in [2.05, 4.69) is 11.0 Å². The summed E-state index contributed by atoms with van der Waals surface area (Å²) in [6.07, 6.45) is 4.13. The summed E-state index contributed by atoms with van der Waals surface area (Å²) < 4.78 is 5.75. The fraction of sp³-hybridized carbons (Fsp3) is 0.650. The van der Waals surface area contributed by atoms with E-state index in [1.807, 2.05) is 36.9 Å². The molecule has 0 radical (unpaired) electrons. The summed E-state index contributed by atoms with van der Waals surface area (Å²) in [5.74, 6) is 1.15. The highest BCUT2D eigenvalue weighted by Crippen LogP contribution is 2.34. The van der Waals surface area contributed by atoms with E-state index in [-0.39, 0.29) is 17.4 Å². The molecule has 25 heavy (non-hydrogen) atoms. The molecule has 1 aliphatic carbocycles. The third-order valence-corrected chi connectivity index (χ3v) is 5.65. The molecule has 5 heteroatoms. The van der Waals surface area contributed by atoms with Gasteiger partial charge >= 0.3 is 0 Å². The highest BCUT2D eigenvalue weighted by Gasteiger charge is 2.40. The van der Waals surface area contributed by atoms with Crippen molar-refractivity contribution in [3.05, 3.63) is 24.3 Å². The number of para-hydroxylation sites is 2. The Morgan fingerprint density at radius 2 is 1.96 bits per heavy atom. The van der Waals surface area contributed by atoms with Crippen LogP contribution in [0.25, 0.3) is 0 Å². The average Bonchev–Trinajstić information content (AvgIpc) is 2.62. The zero-order valence-electron chi connectivity index (χ0n) is 15.5. The van der Waals surface area contributed by atoms with Gasteiger partial charge in [-0.15, -0.1) is 0 Å². The van der Waals surface area contributed by atoms with Crippen molar-refractivity contribution in [1.82, 2.24) is 4.90 Å². The number of anilines is 1. The molecule has 5 nitrogen and oxygen atoms in total. The standard InChI is InChI=1S/C20H31N3O2/c1-3-25-18-10-5-4-9-17(18)22-12-14-23(15-13-22)19(24)16-8-6-7-11-20(16,2)21/h4-5,9-10,16H,3,6-8,11-15,21H2,1-2H3. The minimum absolute atomic E-state index is 0.0245. The minimum Gasteiger partial charge on any atom is -0.492 e. The minimum atomic E-state index is -0.353. The highest BCUT2D eigenvalue weighted by molar-refractivity contribution is 5.80. The van der Waals surface area contributed by atoms with Crippen molar-refractivity contribution in [1.29, 1.82) is 0 Å². The van der Waals surface area contributed by atoms with Gasteiger partial charge in [-0.25, -0.2) is 0 Å². The van der Waals surface area contributed by atoms with Crippen LogP contribution < -0.4 is 15.4 Å². The molecule has 138 valence electrons. The number of benzene rings is 1. The third kappa shape index (κ3) is 3.92. The van der Waals surface area contributed by atoms with Crippen LogP contribution in [0.15, 0.2) is 24.3 Å². The molecule has 2 aliphatic rings. The Bertz CT molecular complexity index is 594. The van der Waals surface area contributed by atoms with Crippen molar-refractivity contribution in [3.63, 3.8) is 0 Å². The zero-order chi connectivity index (χ0) is 17.9. The number of ether oxygens (including phenoxy) is 1. The smallest absolute Gasteiger partial charge is 0.227 e. The molecule has 2 fully saturated rings. The maximum atomic E-state index is 13.0. The number of piperazine rings is 1. The highest BCUT2D eigenvalue weighted by atomic mass is 16.5. The zero-order valence-corrected chi connectivity index (χ0v) is 15.5. The number of nitrogens with two attached hydrogens (primary N) is 1. The van der Waals surface area contributed by atoms with Crippen LogP contribution in [0.2, 0.25) is 0 Å². The lowest BCUT2D eigenvalue weighted by Gasteiger charge is -2.43. The van der Waals surface area contributed by atoms with E-state index in [1.165, 1.54) is 0 Å². The van der Waals surface area contributed by atoms with E-state index in [0.717, 1.165) is 63.3 Å². The SMILES string of the molecule is CCOc1ccccc1N1CCN(C(=O)C2CCCCC2(C)N)CC1. The Balaban J connectivity index is 1.63. The maximum absolute atomic E-state index is 13.0. The van der Waals surface area contributed by atoms with E-state index < -0.39 is 0 Å². The van der Waals surface area contributed by atoms with Gasteiger partial charge in [-0.1, -0.05) is 25.0 Å². The van der Waals surface area contributed by atoms with Crippen molar-refractivity contribution in [2.75, 3.05) is 37.7 Å². The molecule has 1 saturated heterocycles. The van der Waals surface area contributed by atoms with Gasteiger partial charge in [0.15, 0.2) is 0 Å². The first-order chi connectivity index (χ1) is 12.0. The van der Waals surface area contributed by atoms with Crippen molar-refractivity contribution in [2.45, 2.75) is 45.1 Å². The number of hydrogen-bond donors (Lipinski definition) is 1. The molecule has 1 aliphatic heterocycles. The molecule has 0 bridgehead atoms. The van der Waals surface area contributed by atoms with Gasteiger partial charge in [-0.05, 0) is 38.8 Å². The Morgan fingerprint density at radius 1 is 1.24 bits per heavy atom. The van der Waals surface area contributed by atoms with Crippen LogP contribution in [-0.4, -0.2) is 49.1 Å². The predicted molar refractivity (Wildman–Crippen MR) is 101 cm³/mol. The molecule has 2 N–H and O–H groups in total. The summed E-state index contributed by atoms with van der Waals surface area (Å²) in [6.45, 7) is 7.89. The molecular formula is C20H31N3O2. The van der Waals surface area contributed by atoms with Crippen LogP contribution in [0.3, 0.4) is 0 Å². The van der Waals surface area contributed by atoms with Crippen LogP contribution in [0, 0.1) is 5.92 Å². The Kier molecular flexibility index (Phi) is 5.52. The monoisotopic (exact) mass is 345 g/mol. The van der Waals surface area contributed by atoms with Crippen LogP contribution in [0.4, 0.5) is 5.69 Å². The molecule has 1 aromatic rings. The van der Waals surface area contributed by atoms with Gasteiger partial charge in [0.1, 0.15) is 5.75 Å². The number of nitrogens with zero attached hydrogens (tertiary/aromatic N) is 2. The number of hydrogen-bond acceptors (Lipinski definition) is 4. The molecule has 2 unspecified atom stereocenters. The second kappa shape index (κ2) is 7.65. The molecule has 0 aromatic heterocycles. The number of carbonyl (C=O) groups is 1. The van der Waals surface area contributed by atoms with Gasteiger partial charge in [0.05, 0.1) is 18.2 Å². The number of rotatable bonds is 4. The molecule has 1 aromatic carbocycles. The van der Waals surface area contributed by atoms with Crippen molar-refractivity contribution in [2.24, 2.45) is 11.7 Å². The van der Waals surface area contributed by atoms with Crippen LogP contribution in [0.5, 0.6) is 5.75 Å². The van der Waals surface area contributed by atoms with Gasteiger partial charge in [0.2, 0.25) is 5.91 Å².